The molecule has 0 amide bonds. The Labute approximate surface area is 130 Å². The van der Waals surface area contributed by atoms with Crippen LogP contribution in [0.2, 0.25) is 0 Å². The molecule has 22 heavy (non-hydrogen) atoms. The molecule has 0 atom stereocenters. The van der Waals surface area contributed by atoms with Crippen LogP contribution in [0.3, 0.4) is 0 Å². The average molecular weight is 346 g/mol. The number of aromatic amines is 2. The lowest BCUT2D eigenvalue weighted by Crippen LogP contribution is -2.06. The Morgan fingerprint density at radius 2 is 1.64 bits per heavy atom. The van der Waals surface area contributed by atoms with E-state index in [1.54, 1.807) is 30.8 Å². The number of ketones is 1. The molecular formula is C12H14N2O6S2. The first-order chi connectivity index (χ1) is 10.1. The van der Waals surface area contributed by atoms with E-state index in [-0.39, 0.29) is 11.5 Å². The highest BCUT2D eigenvalue weighted by atomic mass is 32.3. The number of nitrogens with one attached hydrogen (secondary N) is 2. The zero-order valence-corrected chi connectivity index (χ0v) is 13.3. The molecule has 0 unspecified atom stereocenters. The van der Waals surface area contributed by atoms with Crippen molar-refractivity contribution >= 4 is 27.9 Å². The number of aryl methyl sites for hydroxylation is 1. The summed E-state index contributed by atoms with van der Waals surface area (Å²) in [5.41, 5.74) is 1.11. The molecule has 1 aromatic carbocycles. The topological polar surface area (TPSA) is 140 Å². The van der Waals surface area contributed by atoms with Crippen molar-refractivity contribution in [2.75, 3.05) is 6.26 Å². The number of hydrogen-bond donors (Lipinski definition) is 4. The number of carbonyl (C=O) groups is 1. The minimum atomic E-state index is -4.67. The number of H-pyrrole nitrogens is 2. The van der Waals surface area contributed by atoms with Gasteiger partial charge >= 0.3 is 16.1 Å². The molecule has 0 saturated carbocycles. The molecule has 2 rings (SSSR count). The van der Waals surface area contributed by atoms with Crippen LogP contribution in [-0.4, -0.2) is 39.5 Å². The van der Waals surface area contributed by atoms with Crippen molar-refractivity contribution in [1.29, 1.82) is 0 Å². The van der Waals surface area contributed by atoms with Crippen molar-refractivity contribution in [1.82, 2.24) is 9.97 Å². The molecule has 0 aliphatic heterocycles. The largest absolute Gasteiger partial charge is 0.394 e. The van der Waals surface area contributed by atoms with Gasteiger partial charge in [-0.25, -0.2) is 4.79 Å². The maximum absolute atomic E-state index is 12.1. The fraction of sp³-hybridized carbons (Fsp3) is 0.167. The molecule has 0 aliphatic carbocycles. The van der Waals surface area contributed by atoms with Crippen LogP contribution in [0.15, 0.2) is 34.0 Å². The van der Waals surface area contributed by atoms with Gasteiger partial charge in [0.25, 0.3) is 0 Å². The number of hydrogen-bond acceptors (Lipinski definition) is 5. The summed E-state index contributed by atoms with van der Waals surface area (Å²) in [5.74, 6) is -0.173. The molecule has 120 valence electrons. The molecule has 10 heteroatoms. The summed E-state index contributed by atoms with van der Waals surface area (Å²) in [6.45, 7) is 1.70. The van der Waals surface area contributed by atoms with E-state index in [9.17, 15) is 9.59 Å². The molecule has 4 N–H and O–H groups in total. The van der Waals surface area contributed by atoms with Crippen molar-refractivity contribution in [3.05, 3.63) is 51.7 Å². The molecule has 0 radical (unpaired) electrons. The minimum absolute atomic E-state index is 0.173. The van der Waals surface area contributed by atoms with E-state index < -0.39 is 10.4 Å². The van der Waals surface area contributed by atoms with Gasteiger partial charge in [0.1, 0.15) is 5.69 Å². The van der Waals surface area contributed by atoms with Crippen molar-refractivity contribution in [2.45, 2.75) is 11.8 Å². The van der Waals surface area contributed by atoms with E-state index in [4.69, 9.17) is 17.5 Å². The van der Waals surface area contributed by atoms with Crippen LogP contribution in [0.4, 0.5) is 0 Å². The van der Waals surface area contributed by atoms with E-state index >= 15 is 0 Å². The molecule has 0 fully saturated rings. The molecule has 0 spiro atoms. The second-order valence-corrected chi connectivity index (χ2v) is 5.86. The third-order valence-electron chi connectivity index (χ3n) is 2.49. The Morgan fingerprint density at radius 3 is 2.00 bits per heavy atom. The average Bonchev–Trinajstić information content (AvgIpc) is 2.75. The second-order valence-electron chi connectivity index (χ2n) is 4.08. The van der Waals surface area contributed by atoms with Crippen LogP contribution in [0.25, 0.3) is 0 Å². The van der Waals surface area contributed by atoms with Gasteiger partial charge in [0, 0.05) is 16.2 Å². The van der Waals surface area contributed by atoms with Crippen molar-refractivity contribution in [3.63, 3.8) is 0 Å². The van der Waals surface area contributed by atoms with Crippen LogP contribution < -0.4 is 5.69 Å². The van der Waals surface area contributed by atoms with Gasteiger partial charge in [0.15, 0.2) is 0 Å². The quantitative estimate of drug-likeness (QED) is 0.373. The SMILES string of the molecule is CSc1ccc(C(=O)c2[nH]c(=O)[nH]c2C)cc1.O=S(=O)(O)O. The predicted octanol–water partition coefficient (Wildman–Crippen LogP) is 1.31. The molecular weight excluding hydrogens is 332 g/mol. The van der Waals surface area contributed by atoms with Crippen LogP contribution in [0, 0.1) is 6.92 Å². The van der Waals surface area contributed by atoms with Gasteiger partial charge in [-0.05, 0) is 37.4 Å². The van der Waals surface area contributed by atoms with Crippen molar-refractivity contribution in [3.8, 4) is 0 Å². The molecule has 8 nitrogen and oxygen atoms in total. The smallest absolute Gasteiger partial charge is 0.310 e. The first-order valence-electron chi connectivity index (χ1n) is 5.79. The number of rotatable bonds is 3. The van der Waals surface area contributed by atoms with Gasteiger partial charge in [-0.2, -0.15) is 8.42 Å². The maximum Gasteiger partial charge on any atom is 0.394 e. The first-order valence-corrected chi connectivity index (χ1v) is 8.41. The van der Waals surface area contributed by atoms with Gasteiger partial charge in [-0.1, -0.05) is 0 Å². The van der Waals surface area contributed by atoms with E-state index in [0.29, 0.717) is 17.0 Å². The zero-order valence-electron chi connectivity index (χ0n) is 11.7. The number of imidazole rings is 1. The van der Waals surface area contributed by atoms with Gasteiger partial charge in [0.2, 0.25) is 5.78 Å². The zero-order chi connectivity index (χ0) is 16.9. The van der Waals surface area contributed by atoms with E-state index in [0.717, 1.165) is 4.90 Å². The predicted molar refractivity (Wildman–Crippen MR) is 82.0 cm³/mol. The monoisotopic (exact) mass is 346 g/mol. The van der Waals surface area contributed by atoms with Crippen LogP contribution in [-0.2, 0) is 10.4 Å². The summed E-state index contributed by atoms with van der Waals surface area (Å²) >= 11 is 1.62. The summed E-state index contributed by atoms with van der Waals surface area (Å²) in [6, 6.07) is 7.30. The summed E-state index contributed by atoms with van der Waals surface area (Å²) in [6.07, 6.45) is 1.98. The standard InChI is InChI=1S/C12H12N2O2S.H2O4S/c1-7-10(14-12(16)13-7)11(15)8-3-5-9(17-2)6-4-8;1-5(2,3)4/h3-6H,1-2H3,(H2,13,14,16);(H2,1,2,3,4). The highest BCUT2D eigenvalue weighted by molar-refractivity contribution is 7.98. The highest BCUT2D eigenvalue weighted by Crippen LogP contribution is 2.16. The lowest BCUT2D eigenvalue weighted by Gasteiger charge is -2.01. The molecule has 0 bridgehead atoms. The Balaban J connectivity index is 0.000000422. The second kappa shape index (κ2) is 7.40. The fourth-order valence-electron chi connectivity index (χ4n) is 1.59. The van der Waals surface area contributed by atoms with E-state index in [1.165, 1.54) is 0 Å². The third-order valence-corrected chi connectivity index (χ3v) is 3.24. The number of carbonyl (C=O) groups excluding carboxylic acids is 1. The van der Waals surface area contributed by atoms with Gasteiger partial charge in [0.05, 0.1) is 0 Å². The summed E-state index contributed by atoms with van der Waals surface area (Å²) in [4.78, 5) is 29.3. The molecule has 0 saturated heterocycles. The van der Waals surface area contributed by atoms with Crippen LogP contribution >= 0.6 is 11.8 Å². The Morgan fingerprint density at radius 1 is 1.14 bits per heavy atom. The highest BCUT2D eigenvalue weighted by Gasteiger charge is 2.14. The lowest BCUT2D eigenvalue weighted by molar-refractivity contribution is 0.103. The van der Waals surface area contributed by atoms with Gasteiger partial charge in [-0.3, -0.25) is 13.9 Å². The van der Waals surface area contributed by atoms with Crippen molar-refractivity contribution in [2.24, 2.45) is 0 Å². The maximum atomic E-state index is 12.1. The minimum Gasteiger partial charge on any atom is -0.310 e. The fourth-order valence-corrected chi connectivity index (χ4v) is 1.99. The molecule has 2 aromatic rings. The van der Waals surface area contributed by atoms with Crippen molar-refractivity contribution < 1.29 is 22.3 Å². The molecule has 0 aliphatic rings. The first kappa shape index (κ1) is 18.2. The van der Waals surface area contributed by atoms with Crippen LogP contribution in [0.5, 0.6) is 0 Å². The normalized spacial score (nSPS) is 10.7. The lowest BCUT2D eigenvalue weighted by atomic mass is 10.1. The van der Waals surface area contributed by atoms with E-state index in [2.05, 4.69) is 9.97 Å². The van der Waals surface area contributed by atoms with Crippen LogP contribution in [0.1, 0.15) is 21.7 Å². The van der Waals surface area contributed by atoms with E-state index in [1.807, 2.05) is 18.4 Å². The van der Waals surface area contributed by atoms with Gasteiger partial charge in [-0.15, -0.1) is 11.8 Å². The number of thioether (sulfide) groups is 1. The Hall–Kier alpha value is -1.88. The summed E-state index contributed by atoms with van der Waals surface area (Å²) < 4.78 is 31.6. The molecule has 1 heterocycles. The summed E-state index contributed by atoms with van der Waals surface area (Å²) in [5, 5.41) is 0. The van der Waals surface area contributed by atoms with Gasteiger partial charge < -0.3 is 9.97 Å². The number of aromatic nitrogens is 2. The Kier molecular flexibility index (Phi) is 6.11. The molecule has 1 aromatic heterocycles. The summed E-state index contributed by atoms with van der Waals surface area (Å²) in [7, 11) is -4.67. The Bertz CT molecular complexity index is 797. The number of benzene rings is 1. The third kappa shape index (κ3) is 5.85.